The van der Waals surface area contributed by atoms with E-state index in [1.54, 1.807) is 11.1 Å². The van der Waals surface area contributed by atoms with Gasteiger partial charge in [-0.15, -0.1) is 0 Å². The van der Waals surface area contributed by atoms with E-state index in [2.05, 4.69) is 59.8 Å². The van der Waals surface area contributed by atoms with Crippen LogP contribution in [0.5, 0.6) is 0 Å². The molecule has 0 radical (unpaired) electrons. The van der Waals surface area contributed by atoms with Crippen LogP contribution in [0.15, 0.2) is 34.9 Å². The Balaban J connectivity index is 1.56. The lowest BCUT2D eigenvalue weighted by molar-refractivity contribution is -0.139. The third-order valence-corrected chi connectivity index (χ3v) is 11.4. The number of allylic oxidation sites excluding steroid dienone is 5. The zero-order valence-electron chi connectivity index (χ0n) is 23.6. The number of carbonyl (C=O) groups is 2. The summed E-state index contributed by atoms with van der Waals surface area (Å²) in [5.41, 5.74) is 4.26. The Bertz CT molecular complexity index is 981. The summed E-state index contributed by atoms with van der Waals surface area (Å²) in [4.78, 5) is 24.8. The Morgan fingerprint density at radius 2 is 1.86 bits per heavy atom. The third kappa shape index (κ3) is 3.91. The molecule has 194 valence electrons. The van der Waals surface area contributed by atoms with Crippen LogP contribution in [-0.4, -0.2) is 18.4 Å². The van der Waals surface area contributed by atoms with Crippen LogP contribution in [0.2, 0.25) is 0 Å². The summed E-state index contributed by atoms with van der Waals surface area (Å²) in [6.07, 6.45) is 15.7. The number of ketones is 1. The molecule has 1 unspecified atom stereocenters. The van der Waals surface area contributed by atoms with Crippen molar-refractivity contribution in [3.8, 4) is 0 Å². The summed E-state index contributed by atoms with van der Waals surface area (Å²) in [5.74, 6) is 1.96. The maximum Gasteiger partial charge on any atom is 0.333 e. The lowest BCUT2D eigenvalue weighted by Gasteiger charge is -2.59. The van der Waals surface area contributed by atoms with Crippen LogP contribution in [0.1, 0.15) is 107 Å². The van der Waals surface area contributed by atoms with Gasteiger partial charge in [0, 0.05) is 17.4 Å². The lowest BCUT2D eigenvalue weighted by Crippen LogP contribution is -2.53. The quantitative estimate of drug-likeness (QED) is 0.286. The molecule has 0 aromatic rings. The summed E-state index contributed by atoms with van der Waals surface area (Å²) in [7, 11) is 0. The largest absolute Gasteiger partial charge is 0.463 e. The molecule has 0 amide bonds. The van der Waals surface area contributed by atoms with Crippen molar-refractivity contribution in [1.29, 1.82) is 0 Å². The fourth-order valence-electron chi connectivity index (χ4n) is 8.85. The number of hydrogen-bond acceptors (Lipinski definition) is 3. The van der Waals surface area contributed by atoms with E-state index < -0.39 is 0 Å². The van der Waals surface area contributed by atoms with Gasteiger partial charge in [0.15, 0.2) is 0 Å². The molecule has 0 bridgehead atoms. The van der Waals surface area contributed by atoms with Crippen LogP contribution in [0, 0.1) is 39.4 Å². The molecule has 35 heavy (non-hydrogen) atoms. The lowest BCUT2D eigenvalue weighted by atomic mass is 9.44. The average Bonchev–Trinajstić information content (AvgIpc) is 3.08. The monoisotopic (exact) mass is 480 g/mol. The molecule has 0 N–H and O–H groups in total. The van der Waals surface area contributed by atoms with Crippen LogP contribution in [0.3, 0.4) is 0 Å². The van der Waals surface area contributed by atoms with Gasteiger partial charge in [0.05, 0.1) is 6.61 Å². The summed E-state index contributed by atoms with van der Waals surface area (Å²) in [6.45, 7) is 18.5. The molecule has 0 aliphatic heterocycles. The van der Waals surface area contributed by atoms with Crippen molar-refractivity contribution in [1.82, 2.24) is 0 Å². The summed E-state index contributed by atoms with van der Waals surface area (Å²) in [6, 6.07) is 0. The molecule has 0 aromatic heterocycles. The third-order valence-electron chi connectivity index (χ3n) is 11.4. The van der Waals surface area contributed by atoms with Gasteiger partial charge in [-0.3, -0.25) is 4.79 Å². The fraction of sp³-hybridized carbons (Fsp3) is 0.750. The fourth-order valence-corrected chi connectivity index (χ4v) is 8.85. The van der Waals surface area contributed by atoms with E-state index in [-0.39, 0.29) is 27.6 Å². The van der Waals surface area contributed by atoms with Crippen molar-refractivity contribution in [2.24, 2.45) is 39.4 Å². The number of ether oxygens (including phenoxy) is 1. The topological polar surface area (TPSA) is 43.4 Å². The standard InChI is InChI=1S/C32H48O3/c1-9-35-28(34)22(3)12-10-11-21(2)23-15-19-32(8)25-13-14-26-29(4,5)27(33)17-18-30(26,6)24(25)16-20-31(23,32)7/h12-13,16,21,23,26H,9-11,14-15,17-20H2,1-8H3/b22-12+/t21-,23-,26?,30-,31-,32+/m1/s1. The highest BCUT2D eigenvalue weighted by atomic mass is 16.5. The molecule has 4 aliphatic carbocycles. The van der Waals surface area contributed by atoms with Crippen LogP contribution in [-0.2, 0) is 14.3 Å². The Morgan fingerprint density at radius 3 is 2.54 bits per heavy atom. The van der Waals surface area contributed by atoms with Gasteiger partial charge in [-0.1, -0.05) is 59.8 Å². The molecule has 0 saturated heterocycles. The first-order chi connectivity index (χ1) is 16.3. The molecule has 0 spiro atoms. The Labute approximate surface area is 213 Å². The van der Waals surface area contributed by atoms with Crippen LogP contribution in [0.25, 0.3) is 0 Å². The second kappa shape index (κ2) is 9.03. The van der Waals surface area contributed by atoms with Crippen LogP contribution < -0.4 is 0 Å². The molecule has 4 aliphatic rings. The van der Waals surface area contributed by atoms with E-state index in [0.29, 0.717) is 30.1 Å². The number of carbonyl (C=O) groups excluding carboxylic acids is 2. The molecule has 3 heteroatoms. The number of fused-ring (bicyclic) bond motifs is 5. The first kappa shape index (κ1) is 26.4. The van der Waals surface area contributed by atoms with Crippen molar-refractivity contribution in [2.75, 3.05) is 6.61 Å². The maximum absolute atomic E-state index is 12.8. The van der Waals surface area contributed by atoms with Crippen molar-refractivity contribution < 1.29 is 14.3 Å². The van der Waals surface area contributed by atoms with Crippen molar-refractivity contribution in [3.05, 3.63) is 34.9 Å². The van der Waals surface area contributed by atoms with Crippen molar-refractivity contribution in [2.45, 2.75) is 107 Å². The van der Waals surface area contributed by atoms with Gasteiger partial charge in [0.1, 0.15) is 5.78 Å². The zero-order chi connectivity index (χ0) is 25.8. The Hall–Kier alpha value is -1.64. The van der Waals surface area contributed by atoms with Gasteiger partial charge in [-0.05, 0) is 104 Å². The van der Waals surface area contributed by atoms with E-state index >= 15 is 0 Å². The summed E-state index contributed by atoms with van der Waals surface area (Å²) < 4.78 is 5.14. The molecule has 2 fully saturated rings. The first-order valence-electron chi connectivity index (χ1n) is 14.1. The molecule has 2 saturated carbocycles. The van der Waals surface area contributed by atoms with E-state index in [1.165, 1.54) is 12.8 Å². The van der Waals surface area contributed by atoms with E-state index in [1.807, 2.05) is 13.8 Å². The predicted molar refractivity (Wildman–Crippen MR) is 143 cm³/mol. The molecule has 4 rings (SSSR count). The molecule has 3 nitrogen and oxygen atoms in total. The SMILES string of the molecule is CCOC(=O)/C(C)=C/CC[C@@H](C)[C@H]1CC[C@@]2(C)C3=CCC4C(C)(C)C(=O)CC[C@]4(C)C3=CC[C@]12C. The number of rotatable bonds is 6. The van der Waals surface area contributed by atoms with Crippen LogP contribution >= 0.6 is 0 Å². The normalized spacial score (nSPS) is 39.1. The second-order valence-corrected chi connectivity index (χ2v) is 13.3. The molecular weight excluding hydrogens is 432 g/mol. The smallest absolute Gasteiger partial charge is 0.333 e. The Morgan fingerprint density at radius 1 is 1.14 bits per heavy atom. The molecule has 6 atom stereocenters. The van der Waals surface area contributed by atoms with E-state index in [9.17, 15) is 9.59 Å². The number of esters is 1. The minimum absolute atomic E-state index is 0.116. The highest BCUT2D eigenvalue weighted by Gasteiger charge is 2.63. The van der Waals surface area contributed by atoms with Gasteiger partial charge in [0.25, 0.3) is 0 Å². The van der Waals surface area contributed by atoms with E-state index in [0.717, 1.165) is 44.1 Å². The maximum atomic E-state index is 12.8. The number of Topliss-reactive ketones (excluding diaryl/α,β-unsaturated/α-hetero) is 1. The molecule has 0 heterocycles. The Kier molecular flexibility index (Phi) is 6.82. The minimum atomic E-state index is -0.237. The summed E-state index contributed by atoms with van der Waals surface area (Å²) >= 11 is 0. The number of hydrogen-bond donors (Lipinski definition) is 0. The minimum Gasteiger partial charge on any atom is -0.463 e. The van der Waals surface area contributed by atoms with Gasteiger partial charge < -0.3 is 4.74 Å². The van der Waals surface area contributed by atoms with E-state index in [4.69, 9.17) is 4.74 Å². The molecular formula is C32H48O3. The zero-order valence-corrected chi connectivity index (χ0v) is 23.6. The summed E-state index contributed by atoms with van der Waals surface area (Å²) in [5, 5.41) is 0. The van der Waals surface area contributed by atoms with Gasteiger partial charge in [-0.2, -0.15) is 0 Å². The molecule has 0 aromatic carbocycles. The van der Waals surface area contributed by atoms with Gasteiger partial charge in [-0.25, -0.2) is 4.79 Å². The predicted octanol–water partition coefficient (Wildman–Crippen LogP) is 8.01. The first-order valence-corrected chi connectivity index (χ1v) is 14.1. The van der Waals surface area contributed by atoms with Crippen LogP contribution in [0.4, 0.5) is 0 Å². The highest BCUT2D eigenvalue weighted by molar-refractivity contribution is 5.87. The van der Waals surface area contributed by atoms with Crippen molar-refractivity contribution >= 4 is 11.8 Å². The van der Waals surface area contributed by atoms with Gasteiger partial charge in [0.2, 0.25) is 0 Å². The second-order valence-electron chi connectivity index (χ2n) is 13.3. The highest BCUT2D eigenvalue weighted by Crippen LogP contribution is 2.71. The van der Waals surface area contributed by atoms with Crippen molar-refractivity contribution in [3.63, 3.8) is 0 Å². The van der Waals surface area contributed by atoms with Gasteiger partial charge >= 0.3 is 5.97 Å². The average molecular weight is 481 g/mol.